The van der Waals surface area contributed by atoms with E-state index in [0.29, 0.717) is 0 Å². The van der Waals surface area contributed by atoms with Gasteiger partial charge in [-0.25, -0.2) is 0 Å². The average molecular weight is 428 g/mol. The van der Waals surface area contributed by atoms with Crippen LogP contribution >= 0.6 is 66.3 Å². The molecule has 0 saturated heterocycles. The molecule has 0 atom stereocenters. The second-order valence-electron chi connectivity index (χ2n) is 0.781. The first-order valence-electron chi connectivity index (χ1n) is 1.07. The minimum absolute atomic E-state index is 0.701. The van der Waals surface area contributed by atoms with Gasteiger partial charge in [0.05, 0.1) is 0 Å². The number of hydrogen-bond acceptors (Lipinski definition) is 0. The SMILES string of the molecule is C[PH](I)(I)I. The molecule has 0 aromatic heterocycles. The van der Waals surface area contributed by atoms with Crippen molar-refractivity contribution in [1.29, 1.82) is 0 Å². The van der Waals surface area contributed by atoms with E-state index in [9.17, 15) is 0 Å². The Morgan fingerprint density at radius 1 is 1.20 bits per heavy atom. The fourth-order valence-corrected chi connectivity index (χ4v) is 0. The predicted octanol–water partition coefficient (Wildman–Crippen LogP) is 3.42. The summed E-state index contributed by atoms with van der Waals surface area (Å²) in [5.41, 5.74) is 0. The summed E-state index contributed by atoms with van der Waals surface area (Å²) in [5, 5.41) is 0. The van der Waals surface area contributed by atoms with Crippen molar-refractivity contribution in [2.24, 2.45) is 0 Å². The van der Waals surface area contributed by atoms with Crippen molar-refractivity contribution in [3.05, 3.63) is 0 Å². The molecule has 0 saturated carbocycles. The summed E-state index contributed by atoms with van der Waals surface area (Å²) in [6.07, 6.45) is 0. The van der Waals surface area contributed by atoms with Crippen molar-refractivity contribution < 1.29 is 0 Å². The van der Waals surface area contributed by atoms with E-state index in [1.165, 1.54) is 0 Å². The van der Waals surface area contributed by atoms with E-state index in [2.05, 4.69) is 72.8 Å². The average Bonchev–Trinajstić information content (AvgIpc) is 0.722. The van der Waals surface area contributed by atoms with Gasteiger partial charge in [-0.3, -0.25) is 0 Å². The molecule has 0 rings (SSSR count). The van der Waals surface area contributed by atoms with Crippen molar-refractivity contribution >= 4 is 66.3 Å². The first-order valence-corrected chi connectivity index (χ1v) is 12.9. The Kier molecular flexibility index (Phi) is 4.29. The summed E-state index contributed by atoms with van der Waals surface area (Å²) >= 11 is 7.47. The van der Waals surface area contributed by atoms with Crippen molar-refractivity contribution in [3.8, 4) is 0 Å². The van der Waals surface area contributed by atoms with Gasteiger partial charge in [0.1, 0.15) is 0 Å². The normalized spacial score (nSPS) is 15.2. The van der Waals surface area contributed by atoms with Crippen molar-refractivity contribution in [2.75, 3.05) is 6.66 Å². The standard InChI is InChI=1S/CH4I3P/c1-5(2,3)4/h5H,1H3. The minimum atomic E-state index is -0.701. The molecule has 0 bridgehead atoms. The van der Waals surface area contributed by atoms with Crippen LogP contribution in [0, 0.1) is 0 Å². The maximum absolute atomic E-state index is 2.49. The third kappa shape index (κ3) is 20.6. The Balaban J connectivity index is 3.02. The quantitative estimate of drug-likeness (QED) is 0.410. The first-order chi connectivity index (χ1) is 2.00. The molecule has 0 aliphatic heterocycles. The molecule has 0 unspecified atom stereocenters. The van der Waals surface area contributed by atoms with Gasteiger partial charge in [0, 0.05) is 0 Å². The molecule has 0 spiro atoms. The first kappa shape index (κ1) is 7.62. The molecule has 0 aromatic rings. The van der Waals surface area contributed by atoms with Crippen LogP contribution < -0.4 is 0 Å². The third-order valence-corrected chi connectivity index (χ3v) is 0. The van der Waals surface area contributed by atoms with Crippen LogP contribution in [0.25, 0.3) is 0 Å². The van der Waals surface area contributed by atoms with Gasteiger partial charge in [-0.15, -0.1) is 0 Å². The summed E-state index contributed by atoms with van der Waals surface area (Å²) in [6.45, 7) is 2.29. The van der Waals surface area contributed by atoms with Crippen LogP contribution in [0.1, 0.15) is 0 Å². The van der Waals surface area contributed by atoms with E-state index in [4.69, 9.17) is 0 Å². The van der Waals surface area contributed by atoms with Crippen LogP contribution in [0.5, 0.6) is 0 Å². The summed E-state index contributed by atoms with van der Waals surface area (Å²) < 4.78 is -0.701. The van der Waals surface area contributed by atoms with Crippen LogP contribution in [0.2, 0.25) is 0 Å². The number of rotatable bonds is 0. The molecule has 4 heteroatoms. The monoisotopic (exact) mass is 428 g/mol. The molecule has 0 aromatic carbocycles. The summed E-state index contributed by atoms with van der Waals surface area (Å²) in [6, 6.07) is 0. The molecular formula is CH4I3P. The zero-order chi connectivity index (χ0) is 4.50. The van der Waals surface area contributed by atoms with Crippen LogP contribution in [-0.4, -0.2) is 6.66 Å². The zero-order valence-electron chi connectivity index (χ0n) is 2.63. The van der Waals surface area contributed by atoms with Crippen LogP contribution in [-0.2, 0) is 0 Å². The van der Waals surface area contributed by atoms with Gasteiger partial charge in [-0.1, -0.05) is 0 Å². The van der Waals surface area contributed by atoms with Crippen LogP contribution in [0.4, 0.5) is 0 Å². The van der Waals surface area contributed by atoms with E-state index in [0.717, 1.165) is 0 Å². The topological polar surface area (TPSA) is 0 Å². The van der Waals surface area contributed by atoms with E-state index in [-0.39, 0.29) is 0 Å². The molecule has 0 fully saturated rings. The van der Waals surface area contributed by atoms with Gasteiger partial charge in [0.2, 0.25) is 0 Å². The van der Waals surface area contributed by atoms with Crippen LogP contribution in [0.3, 0.4) is 0 Å². The molecular weight excluding hydrogens is 424 g/mol. The molecule has 0 aliphatic rings. The van der Waals surface area contributed by atoms with Gasteiger partial charge in [0.15, 0.2) is 0 Å². The maximum atomic E-state index is 2.49. The Labute approximate surface area is 71.6 Å². The Hall–Kier alpha value is 2.62. The molecule has 5 heavy (non-hydrogen) atoms. The van der Waals surface area contributed by atoms with Crippen LogP contribution in [0.15, 0.2) is 0 Å². The number of hydrogen-bond donors (Lipinski definition) is 0. The molecule has 0 nitrogen and oxygen atoms in total. The fourth-order valence-electron chi connectivity index (χ4n) is 0. The van der Waals surface area contributed by atoms with Gasteiger partial charge >= 0.3 is 73.0 Å². The van der Waals surface area contributed by atoms with E-state index < -0.39 is 0.190 Å². The molecule has 0 radical (unpaired) electrons. The fraction of sp³-hybridized carbons (Fsp3) is 1.00. The summed E-state index contributed by atoms with van der Waals surface area (Å²) in [7, 11) is 0. The third-order valence-electron chi connectivity index (χ3n) is 0. The zero-order valence-corrected chi connectivity index (χ0v) is 10.1. The van der Waals surface area contributed by atoms with Gasteiger partial charge in [-0.2, -0.15) is 0 Å². The number of halogens is 3. The second-order valence-corrected chi connectivity index (χ2v) is 40.3. The predicted molar refractivity (Wildman–Crippen MR) is 56.3 cm³/mol. The summed E-state index contributed by atoms with van der Waals surface area (Å²) in [5.74, 6) is 0. The van der Waals surface area contributed by atoms with Crippen molar-refractivity contribution in [2.45, 2.75) is 0 Å². The van der Waals surface area contributed by atoms with Gasteiger partial charge < -0.3 is 0 Å². The Bertz CT molecular complexity index is 22.4. The van der Waals surface area contributed by atoms with Crippen molar-refractivity contribution in [1.82, 2.24) is 0 Å². The van der Waals surface area contributed by atoms with E-state index in [1.54, 1.807) is 0 Å². The Morgan fingerprint density at radius 2 is 1.20 bits per heavy atom. The molecule has 0 aliphatic carbocycles. The van der Waals surface area contributed by atoms with Crippen molar-refractivity contribution in [3.63, 3.8) is 0 Å². The Morgan fingerprint density at radius 3 is 1.20 bits per heavy atom. The molecule has 34 valence electrons. The van der Waals surface area contributed by atoms with Gasteiger partial charge in [-0.05, 0) is 0 Å². The van der Waals surface area contributed by atoms with E-state index >= 15 is 0 Å². The van der Waals surface area contributed by atoms with E-state index in [1.807, 2.05) is 0 Å². The summed E-state index contributed by atoms with van der Waals surface area (Å²) in [4.78, 5) is 0. The molecule has 0 N–H and O–H groups in total. The molecule has 0 heterocycles. The molecule has 0 amide bonds. The second kappa shape index (κ2) is 2.81. The van der Waals surface area contributed by atoms with Gasteiger partial charge in [0.25, 0.3) is 0 Å².